The Morgan fingerprint density at radius 1 is 0.425 bits per heavy atom. The van der Waals surface area contributed by atoms with E-state index in [1.54, 1.807) is 85.2 Å². The second kappa shape index (κ2) is 32.6. The smallest absolute Gasteiger partial charge is 0.353 e. The van der Waals surface area contributed by atoms with Gasteiger partial charge in [0.25, 0.3) is 0 Å². The third-order valence-electron chi connectivity index (χ3n) is 12.2. The molecule has 0 spiro atoms. The Balaban J connectivity index is 1.04. The molecule has 13 heteroatoms. The van der Waals surface area contributed by atoms with Gasteiger partial charge in [0.1, 0.15) is 0 Å². The molecule has 0 fully saturated rings. The van der Waals surface area contributed by atoms with Crippen LogP contribution < -0.4 is 9.47 Å². The van der Waals surface area contributed by atoms with Gasteiger partial charge in [-0.2, -0.15) is 0 Å². The van der Waals surface area contributed by atoms with Crippen LogP contribution in [0.4, 0.5) is 17.1 Å². The van der Waals surface area contributed by atoms with E-state index >= 15 is 0 Å². The number of ether oxygens (including phenoxy) is 4. The zero-order chi connectivity index (χ0) is 51.9. The second-order valence-electron chi connectivity index (χ2n) is 18.1. The van der Waals surface area contributed by atoms with Crippen molar-refractivity contribution in [2.45, 2.75) is 142 Å². The van der Waals surface area contributed by atoms with Gasteiger partial charge in [-0.25, -0.2) is 19.2 Å². The highest BCUT2D eigenvalue weighted by molar-refractivity contribution is 5.95. The Morgan fingerprint density at radius 3 is 1.05 bits per heavy atom. The largest absolute Gasteiger partial charge is 0.462 e. The number of esters is 4. The molecule has 0 heterocycles. The minimum Gasteiger partial charge on any atom is -0.462 e. The van der Waals surface area contributed by atoms with E-state index < -0.39 is 34.0 Å². The number of carbonyl (C=O) groups is 4. The summed E-state index contributed by atoms with van der Waals surface area (Å²) in [5.41, 5.74) is 2.97. The predicted molar refractivity (Wildman–Crippen MR) is 288 cm³/mol. The van der Waals surface area contributed by atoms with Crippen LogP contribution in [0.5, 0.6) is 11.5 Å². The Hall–Kier alpha value is -7.28. The number of unbranched alkanes of at least 4 members (excludes halogenated alkanes) is 18. The van der Waals surface area contributed by atoms with E-state index in [0.717, 1.165) is 38.5 Å². The number of hydrogen-bond acceptors (Lipinski definition) is 12. The van der Waals surface area contributed by atoms with Crippen molar-refractivity contribution in [2.75, 3.05) is 13.2 Å². The van der Waals surface area contributed by atoms with Crippen molar-refractivity contribution in [3.05, 3.63) is 159 Å². The summed E-state index contributed by atoms with van der Waals surface area (Å²) in [7, 11) is 0. The molecule has 0 saturated heterocycles. The fourth-order valence-corrected chi connectivity index (χ4v) is 7.92. The van der Waals surface area contributed by atoms with Crippen LogP contribution in [0.1, 0.15) is 195 Å². The van der Waals surface area contributed by atoms with Crippen LogP contribution in [-0.4, -0.2) is 54.4 Å². The number of aliphatic imine (C=N–C) groups is 2. The van der Waals surface area contributed by atoms with Crippen molar-refractivity contribution < 1.29 is 43.0 Å². The lowest BCUT2D eigenvalue weighted by Crippen LogP contribution is -2.12. The van der Waals surface area contributed by atoms with E-state index in [1.807, 2.05) is 0 Å². The van der Waals surface area contributed by atoms with Gasteiger partial charge in [-0.3, -0.25) is 20.1 Å². The summed E-state index contributed by atoms with van der Waals surface area (Å²) in [4.78, 5) is 71.7. The minimum atomic E-state index is -0.865. The second-order valence-corrected chi connectivity index (χ2v) is 18.1. The highest BCUT2D eigenvalue weighted by Gasteiger charge is 2.27. The van der Waals surface area contributed by atoms with E-state index in [1.165, 1.54) is 132 Å². The van der Waals surface area contributed by atoms with Crippen LogP contribution in [0.2, 0.25) is 0 Å². The van der Waals surface area contributed by atoms with Gasteiger partial charge in [-0.05, 0) is 109 Å². The first-order valence-corrected chi connectivity index (χ1v) is 26.2. The molecule has 0 atom stereocenters. The van der Waals surface area contributed by atoms with Crippen LogP contribution in [0.3, 0.4) is 0 Å². The Kier molecular flexibility index (Phi) is 25.3. The third-order valence-corrected chi connectivity index (χ3v) is 12.2. The fourth-order valence-electron chi connectivity index (χ4n) is 7.92. The molecular weight excluding hydrogens is 923 g/mol. The Morgan fingerprint density at radius 2 is 0.726 bits per heavy atom. The Bertz CT molecular complexity index is 2370. The number of nitrogens with zero attached hydrogens (tertiary/aromatic N) is 3. The van der Waals surface area contributed by atoms with Gasteiger partial charge in [0.05, 0.1) is 51.8 Å². The van der Waals surface area contributed by atoms with E-state index in [0.29, 0.717) is 46.8 Å². The van der Waals surface area contributed by atoms with Crippen molar-refractivity contribution in [2.24, 2.45) is 9.98 Å². The van der Waals surface area contributed by atoms with Crippen LogP contribution in [0, 0.1) is 10.1 Å². The van der Waals surface area contributed by atoms with Crippen molar-refractivity contribution >= 4 is 53.4 Å². The highest BCUT2D eigenvalue weighted by Crippen LogP contribution is 2.37. The summed E-state index contributed by atoms with van der Waals surface area (Å²) >= 11 is 0. The standard InChI is InChI=1S/C60H71N3O10/c1-3-5-7-9-11-13-15-17-19-21-42-70-57(64)48-34-38-52(39-35-48)61-44-46-26-30-50(31-27-46)59(66)72-54-24-23-25-55(56(54)63(68)69)73-60(67)51-32-28-47(29-33-51)45-62-53-40-36-49(37-41-53)58(65)71-43-22-20-18-16-14-12-10-8-6-4-2/h23-41,44-45H,3-22,42-43H2,1-2H3. The average Bonchev–Trinajstić information content (AvgIpc) is 3.41. The third kappa shape index (κ3) is 20.8. The van der Waals surface area contributed by atoms with Crippen LogP contribution in [0.15, 0.2) is 125 Å². The number of nitro groups is 1. The number of benzene rings is 5. The molecule has 5 aromatic carbocycles. The van der Waals surface area contributed by atoms with Crippen molar-refractivity contribution in [3.63, 3.8) is 0 Å². The minimum absolute atomic E-state index is 0.116. The SMILES string of the molecule is CCCCCCCCCCCCOC(=O)c1ccc(N=Cc2ccc(C(=O)Oc3cccc(OC(=O)c4ccc(C=Nc5ccc(C(=O)OCCCCCCCCCCCC)cc5)cc4)c3[N+](=O)[O-])cc2)cc1. The lowest BCUT2D eigenvalue weighted by Gasteiger charge is -2.09. The van der Waals surface area contributed by atoms with E-state index in [2.05, 4.69) is 23.8 Å². The molecule has 13 nitrogen and oxygen atoms in total. The molecule has 5 rings (SSSR count). The van der Waals surface area contributed by atoms with Crippen LogP contribution >= 0.6 is 0 Å². The molecular formula is C60H71N3O10. The molecule has 0 aliphatic heterocycles. The molecule has 0 aliphatic carbocycles. The maximum absolute atomic E-state index is 13.2. The molecule has 0 unspecified atom stereocenters. The van der Waals surface area contributed by atoms with Gasteiger partial charge in [-0.15, -0.1) is 0 Å². The summed E-state index contributed by atoms with van der Waals surface area (Å²) in [6.07, 6.45) is 27.3. The zero-order valence-corrected chi connectivity index (χ0v) is 42.6. The van der Waals surface area contributed by atoms with Crippen molar-refractivity contribution in [1.29, 1.82) is 0 Å². The number of hydrogen-bond donors (Lipinski definition) is 0. The highest BCUT2D eigenvalue weighted by atomic mass is 16.6. The Labute approximate surface area is 430 Å². The number of para-hydroxylation sites is 1. The number of rotatable bonds is 33. The summed E-state index contributed by atoms with van der Waals surface area (Å²) in [5.74, 6) is -3.27. The van der Waals surface area contributed by atoms with E-state index in [9.17, 15) is 29.3 Å². The first-order valence-electron chi connectivity index (χ1n) is 26.2. The average molecular weight is 994 g/mol. The summed E-state index contributed by atoms with van der Waals surface area (Å²) in [5, 5.41) is 12.2. The molecule has 0 bridgehead atoms. The molecule has 73 heavy (non-hydrogen) atoms. The first kappa shape index (κ1) is 56.6. The number of carbonyl (C=O) groups excluding carboxylic acids is 4. The molecule has 5 aromatic rings. The molecule has 0 aromatic heterocycles. The lowest BCUT2D eigenvalue weighted by molar-refractivity contribution is -0.386. The van der Waals surface area contributed by atoms with Crippen LogP contribution in [0.25, 0.3) is 0 Å². The monoisotopic (exact) mass is 994 g/mol. The van der Waals surface area contributed by atoms with Gasteiger partial charge in [-0.1, -0.05) is 160 Å². The number of nitro benzene ring substituents is 1. The molecule has 0 aliphatic rings. The van der Waals surface area contributed by atoms with E-state index in [-0.39, 0.29) is 23.1 Å². The molecule has 0 radical (unpaired) electrons. The maximum atomic E-state index is 13.2. The molecule has 386 valence electrons. The molecule has 0 amide bonds. The van der Waals surface area contributed by atoms with Crippen molar-refractivity contribution in [1.82, 2.24) is 0 Å². The summed E-state index contributed by atoms with van der Waals surface area (Å²) in [6.45, 7) is 5.25. The molecule has 0 N–H and O–H groups in total. The quantitative estimate of drug-likeness (QED) is 0.00983. The molecule has 0 saturated carbocycles. The summed E-state index contributed by atoms with van der Waals surface area (Å²) in [6, 6.07) is 29.9. The zero-order valence-electron chi connectivity index (χ0n) is 42.6. The van der Waals surface area contributed by atoms with Gasteiger partial charge in [0.15, 0.2) is 0 Å². The van der Waals surface area contributed by atoms with Gasteiger partial charge < -0.3 is 18.9 Å². The van der Waals surface area contributed by atoms with Gasteiger partial charge in [0, 0.05) is 12.4 Å². The maximum Gasteiger partial charge on any atom is 0.353 e. The normalized spacial score (nSPS) is 11.2. The lowest BCUT2D eigenvalue weighted by atomic mass is 10.1. The van der Waals surface area contributed by atoms with Crippen LogP contribution in [-0.2, 0) is 9.47 Å². The van der Waals surface area contributed by atoms with E-state index in [4.69, 9.17) is 18.9 Å². The van der Waals surface area contributed by atoms with Gasteiger partial charge >= 0.3 is 29.6 Å². The fraction of sp³-hybridized carbons (Fsp3) is 0.400. The first-order chi connectivity index (χ1) is 35.6. The van der Waals surface area contributed by atoms with Crippen molar-refractivity contribution in [3.8, 4) is 11.5 Å². The topological polar surface area (TPSA) is 173 Å². The predicted octanol–water partition coefficient (Wildman–Crippen LogP) is 15.7. The van der Waals surface area contributed by atoms with Gasteiger partial charge in [0.2, 0.25) is 11.5 Å². The summed E-state index contributed by atoms with van der Waals surface area (Å²) < 4.78 is 21.8.